The maximum Gasteiger partial charge on any atom is 0.259 e. The number of carbonyl (C=O) groups excluding carboxylic acids is 1. The molecule has 0 bridgehead atoms. The largest absolute Gasteiger partial charge is 0.477 e. The quantitative estimate of drug-likeness (QED) is 0.545. The summed E-state index contributed by atoms with van der Waals surface area (Å²) in [5.41, 5.74) is 4.47. The Morgan fingerprint density at radius 3 is 2.81 bits per heavy atom. The van der Waals surface area contributed by atoms with Gasteiger partial charge < -0.3 is 9.64 Å². The van der Waals surface area contributed by atoms with Crippen LogP contribution in [0.1, 0.15) is 66.6 Å². The van der Waals surface area contributed by atoms with Crippen molar-refractivity contribution >= 4 is 5.91 Å². The summed E-state index contributed by atoms with van der Waals surface area (Å²) in [6.45, 7) is 7.17. The second kappa shape index (κ2) is 9.85. The van der Waals surface area contributed by atoms with Crippen LogP contribution in [-0.2, 0) is 6.42 Å². The van der Waals surface area contributed by atoms with Crippen molar-refractivity contribution < 1.29 is 9.53 Å². The Morgan fingerprint density at radius 1 is 1.16 bits per heavy atom. The zero-order valence-corrected chi connectivity index (χ0v) is 18.9. The van der Waals surface area contributed by atoms with Gasteiger partial charge in [-0.3, -0.25) is 9.78 Å². The van der Waals surface area contributed by atoms with Crippen molar-refractivity contribution in [1.29, 1.82) is 0 Å². The van der Waals surface area contributed by atoms with Gasteiger partial charge in [0.2, 0.25) is 5.88 Å². The van der Waals surface area contributed by atoms with Gasteiger partial charge in [-0.25, -0.2) is 15.0 Å². The Hall–Kier alpha value is -3.35. The molecule has 0 N–H and O–H groups in total. The number of nitrogens with zero attached hydrogens (tertiary/aromatic N) is 5. The van der Waals surface area contributed by atoms with Crippen molar-refractivity contribution in [3.05, 3.63) is 65.6 Å². The zero-order chi connectivity index (χ0) is 22.5. The summed E-state index contributed by atoms with van der Waals surface area (Å²) in [7, 11) is 0. The summed E-state index contributed by atoms with van der Waals surface area (Å²) in [4.78, 5) is 33.6. The van der Waals surface area contributed by atoms with Gasteiger partial charge in [0.1, 0.15) is 11.4 Å². The lowest BCUT2D eigenvalue weighted by Crippen LogP contribution is -2.32. The van der Waals surface area contributed by atoms with Gasteiger partial charge in [0.15, 0.2) is 0 Å². The number of carbonyl (C=O) groups is 1. The minimum Gasteiger partial charge on any atom is -0.477 e. The zero-order valence-electron chi connectivity index (χ0n) is 18.9. The fourth-order valence-corrected chi connectivity index (χ4v) is 4.27. The first kappa shape index (κ1) is 21.9. The van der Waals surface area contributed by atoms with E-state index in [-0.39, 0.29) is 11.9 Å². The van der Waals surface area contributed by atoms with Gasteiger partial charge in [-0.05, 0) is 62.4 Å². The number of rotatable bonds is 7. The van der Waals surface area contributed by atoms with Crippen LogP contribution in [0.15, 0.2) is 43.0 Å². The Labute approximate surface area is 188 Å². The summed E-state index contributed by atoms with van der Waals surface area (Å²) in [6, 6.07) is 5.42. The molecule has 1 atom stereocenters. The lowest BCUT2D eigenvalue weighted by molar-refractivity contribution is 0.0728. The van der Waals surface area contributed by atoms with E-state index in [2.05, 4.69) is 21.9 Å². The lowest BCUT2D eigenvalue weighted by atomic mass is 9.97. The number of pyridine rings is 2. The van der Waals surface area contributed by atoms with E-state index in [0.29, 0.717) is 24.6 Å². The van der Waals surface area contributed by atoms with E-state index < -0.39 is 0 Å². The molecule has 4 rings (SSSR count). The predicted octanol–water partition coefficient (Wildman–Crippen LogP) is 4.57. The highest BCUT2D eigenvalue weighted by Gasteiger charge is 2.35. The minimum absolute atomic E-state index is 0.0721. The van der Waals surface area contributed by atoms with Crippen LogP contribution in [0.4, 0.5) is 0 Å². The molecule has 7 heteroatoms. The van der Waals surface area contributed by atoms with Crippen LogP contribution < -0.4 is 4.74 Å². The molecular formula is C25H29N5O2. The summed E-state index contributed by atoms with van der Waals surface area (Å²) >= 11 is 0. The molecule has 3 aromatic rings. The second-order valence-corrected chi connectivity index (χ2v) is 7.97. The normalized spacial score (nSPS) is 15.7. The first-order valence-corrected chi connectivity index (χ1v) is 11.3. The third-order valence-electron chi connectivity index (χ3n) is 5.76. The number of aryl methyl sites for hydroxylation is 2. The molecule has 0 aliphatic carbocycles. The molecule has 1 fully saturated rings. The van der Waals surface area contributed by atoms with Gasteiger partial charge in [-0.1, -0.05) is 6.92 Å². The van der Waals surface area contributed by atoms with E-state index in [1.165, 1.54) is 0 Å². The lowest BCUT2D eigenvalue weighted by Gasteiger charge is -2.27. The number of aromatic nitrogens is 4. The van der Waals surface area contributed by atoms with E-state index >= 15 is 0 Å². The van der Waals surface area contributed by atoms with Crippen LogP contribution in [0.25, 0.3) is 11.1 Å². The number of ether oxygens (including phenoxy) is 1. The van der Waals surface area contributed by atoms with Gasteiger partial charge in [-0.15, -0.1) is 0 Å². The molecule has 0 radical (unpaired) electrons. The predicted molar refractivity (Wildman–Crippen MR) is 122 cm³/mol. The third-order valence-corrected chi connectivity index (χ3v) is 5.76. The minimum atomic E-state index is -0.127. The van der Waals surface area contributed by atoms with E-state index in [1.54, 1.807) is 24.5 Å². The van der Waals surface area contributed by atoms with Gasteiger partial charge in [0, 0.05) is 43.3 Å². The van der Waals surface area contributed by atoms with E-state index in [9.17, 15) is 4.79 Å². The molecule has 3 aromatic heterocycles. The van der Waals surface area contributed by atoms with Crippen molar-refractivity contribution in [1.82, 2.24) is 24.8 Å². The average Bonchev–Trinajstić information content (AvgIpc) is 3.30. The van der Waals surface area contributed by atoms with Crippen molar-refractivity contribution in [3.63, 3.8) is 0 Å². The molecule has 7 nitrogen and oxygen atoms in total. The number of hydrogen-bond acceptors (Lipinski definition) is 6. The molecule has 0 saturated carbocycles. The van der Waals surface area contributed by atoms with Crippen molar-refractivity contribution in [2.45, 2.75) is 52.5 Å². The molecule has 1 aliphatic heterocycles. The van der Waals surface area contributed by atoms with Crippen LogP contribution in [-0.4, -0.2) is 43.9 Å². The summed E-state index contributed by atoms with van der Waals surface area (Å²) in [5, 5.41) is 0. The fraction of sp³-hybridized carbons (Fsp3) is 0.400. The smallest absolute Gasteiger partial charge is 0.259 e. The Kier molecular flexibility index (Phi) is 6.73. The molecule has 0 aromatic carbocycles. The van der Waals surface area contributed by atoms with Crippen LogP contribution in [0, 0.1) is 6.92 Å². The van der Waals surface area contributed by atoms with Gasteiger partial charge >= 0.3 is 0 Å². The Balaban J connectivity index is 1.77. The highest BCUT2D eigenvalue weighted by atomic mass is 16.5. The summed E-state index contributed by atoms with van der Waals surface area (Å²) in [6.07, 6.45) is 10.7. The highest BCUT2D eigenvalue weighted by Crippen LogP contribution is 2.38. The highest BCUT2D eigenvalue weighted by molar-refractivity contribution is 5.97. The Bertz CT molecular complexity index is 1100. The van der Waals surface area contributed by atoms with E-state index in [0.717, 1.165) is 53.9 Å². The number of likely N-dealkylation sites (tertiary alicyclic amines) is 1. The van der Waals surface area contributed by atoms with Gasteiger partial charge in [-0.2, -0.15) is 0 Å². The molecule has 4 heterocycles. The molecule has 0 spiro atoms. The first-order chi connectivity index (χ1) is 15.6. The van der Waals surface area contributed by atoms with E-state index in [4.69, 9.17) is 9.72 Å². The molecule has 32 heavy (non-hydrogen) atoms. The topological polar surface area (TPSA) is 81.1 Å². The number of hydrogen-bond donors (Lipinski definition) is 0. The molecule has 1 amide bonds. The fourth-order valence-electron chi connectivity index (χ4n) is 4.27. The summed E-state index contributed by atoms with van der Waals surface area (Å²) < 4.78 is 5.63. The Morgan fingerprint density at radius 2 is 2.03 bits per heavy atom. The van der Waals surface area contributed by atoms with Gasteiger partial charge in [0.25, 0.3) is 5.91 Å². The molecule has 0 unspecified atom stereocenters. The third kappa shape index (κ3) is 4.33. The molecular weight excluding hydrogens is 402 g/mol. The maximum absolute atomic E-state index is 13.6. The molecule has 1 saturated heterocycles. The second-order valence-electron chi connectivity index (χ2n) is 7.97. The first-order valence-electron chi connectivity index (χ1n) is 11.3. The van der Waals surface area contributed by atoms with Crippen LogP contribution in [0.3, 0.4) is 0 Å². The number of amides is 1. The van der Waals surface area contributed by atoms with Crippen LogP contribution >= 0.6 is 0 Å². The van der Waals surface area contributed by atoms with Crippen molar-refractivity contribution in [2.24, 2.45) is 0 Å². The van der Waals surface area contributed by atoms with Crippen molar-refractivity contribution in [3.8, 4) is 17.0 Å². The SMILES string of the molecule is CCCc1ncc(-c2ccncc2C)c([C@@H]2CCCN2C(=O)c2cccnc2OCC)n1. The van der Waals surface area contributed by atoms with Crippen LogP contribution in [0.2, 0.25) is 0 Å². The standard InChI is InChI=1S/C25H29N5O2/c1-4-8-22-28-16-20(18-11-13-26-15-17(18)3)23(29-22)21-10-7-14-30(21)25(31)19-9-6-12-27-24(19)32-5-2/h6,9,11-13,15-16,21H,4-5,7-8,10,14H2,1-3H3/t21-/m0/s1. The van der Waals surface area contributed by atoms with Crippen molar-refractivity contribution in [2.75, 3.05) is 13.2 Å². The molecule has 1 aliphatic rings. The monoisotopic (exact) mass is 431 g/mol. The average molecular weight is 432 g/mol. The molecule has 166 valence electrons. The van der Waals surface area contributed by atoms with Crippen LogP contribution in [0.5, 0.6) is 5.88 Å². The van der Waals surface area contributed by atoms with E-state index in [1.807, 2.05) is 37.2 Å². The maximum atomic E-state index is 13.6. The van der Waals surface area contributed by atoms with Gasteiger partial charge in [0.05, 0.1) is 18.3 Å². The summed E-state index contributed by atoms with van der Waals surface area (Å²) in [5.74, 6) is 1.12.